The summed E-state index contributed by atoms with van der Waals surface area (Å²) in [7, 11) is 0. The summed E-state index contributed by atoms with van der Waals surface area (Å²) in [5.41, 5.74) is -1.10. The molecule has 2 atom stereocenters. The first-order chi connectivity index (χ1) is 7.97. The van der Waals surface area contributed by atoms with E-state index in [0.717, 1.165) is 0 Å². The first-order valence-electron chi connectivity index (χ1n) is 5.25. The van der Waals surface area contributed by atoms with Crippen molar-refractivity contribution in [1.29, 1.82) is 0 Å². The molecule has 2 N–H and O–H groups in total. The third kappa shape index (κ3) is 1.34. The molecule has 5 nitrogen and oxygen atoms in total. The molecular weight excluding hydrogens is 356 g/mol. The van der Waals surface area contributed by atoms with Crippen LogP contribution in [0.2, 0.25) is 0 Å². The van der Waals surface area contributed by atoms with Gasteiger partial charge >= 0.3 is 0 Å². The lowest BCUT2D eigenvalue weighted by molar-refractivity contribution is -0.182. The average molecular weight is 366 g/mol. The van der Waals surface area contributed by atoms with Gasteiger partial charge in [-0.05, 0) is 44.3 Å². The number of aromatic nitrogens is 1. The number of aliphatic hydroxyl groups is 2. The lowest BCUT2D eigenvalue weighted by Gasteiger charge is -2.42. The molecule has 2 unspecified atom stereocenters. The number of carbonyl (C=O) groups excluding carboxylic acids is 1. The lowest BCUT2D eigenvalue weighted by atomic mass is 10.1. The number of halogens is 2. The minimum Gasteiger partial charge on any atom is -0.369 e. The van der Waals surface area contributed by atoms with E-state index in [-0.39, 0.29) is 5.91 Å². The van der Waals surface area contributed by atoms with Crippen molar-refractivity contribution in [2.75, 3.05) is 6.54 Å². The van der Waals surface area contributed by atoms with Gasteiger partial charge in [-0.15, -0.1) is 0 Å². The maximum absolute atomic E-state index is 12.2. The van der Waals surface area contributed by atoms with Crippen LogP contribution in [0.1, 0.15) is 29.6 Å². The minimum atomic E-state index is -1.48. The maximum atomic E-state index is 12.2. The fourth-order valence-corrected chi connectivity index (χ4v) is 3.50. The maximum Gasteiger partial charge on any atom is 0.273 e. The average Bonchev–Trinajstić information content (AvgIpc) is 2.80. The minimum absolute atomic E-state index is 0.248. The molecule has 17 heavy (non-hydrogen) atoms. The second-order valence-corrected chi connectivity index (χ2v) is 5.96. The standard InChI is InChI=1S/C10H10Br2N2O3/c11-5-4-6-8(15)13-3-1-2-10(13,17)9(16)14(6)7(5)12/h4,9,16-17H,1-3H2. The van der Waals surface area contributed by atoms with Crippen LogP contribution in [0.4, 0.5) is 0 Å². The van der Waals surface area contributed by atoms with Crippen molar-refractivity contribution < 1.29 is 15.0 Å². The van der Waals surface area contributed by atoms with Gasteiger partial charge in [0.25, 0.3) is 5.91 Å². The number of nitrogens with zero attached hydrogens (tertiary/aromatic N) is 2. The van der Waals surface area contributed by atoms with Crippen molar-refractivity contribution in [3.8, 4) is 0 Å². The Morgan fingerprint density at radius 2 is 2.18 bits per heavy atom. The Morgan fingerprint density at radius 1 is 1.47 bits per heavy atom. The van der Waals surface area contributed by atoms with Crippen molar-refractivity contribution in [1.82, 2.24) is 9.47 Å². The summed E-state index contributed by atoms with van der Waals surface area (Å²) in [4.78, 5) is 13.6. The monoisotopic (exact) mass is 364 g/mol. The second-order valence-electron chi connectivity index (χ2n) is 4.35. The topological polar surface area (TPSA) is 65.7 Å². The van der Waals surface area contributed by atoms with E-state index in [9.17, 15) is 15.0 Å². The molecule has 2 aliphatic heterocycles. The number of rotatable bonds is 0. The highest BCUT2D eigenvalue weighted by atomic mass is 79.9. The zero-order valence-electron chi connectivity index (χ0n) is 8.73. The SMILES string of the molecule is O=C1c2cc(Br)c(Br)n2C(O)C2(O)CCCN12. The molecule has 7 heteroatoms. The van der Waals surface area contributed by atoms with Gasteiger partial charge in [-0.2, -0.15) is 0 Å². The first kappa shape index (κ1) is 11.7. The largest absolute Gasteiger partial charge is 0.369 e. The number of fused-ring (bicyclic) bond motifs is 2. The number of carbonyl (C=O) groups is 1. The van der Waals surface area contributed by atoms with E-state index in [2.05, 4.69) is 31.9 Å². The molecule has 1 fully saturated rings. The summed E-state index contributed by atoms with van der Waals surface area (Å²) in [6, 6.07) is 1.65. The van der Waals surface area contributed by atoms with Crippen LogP contribution in [-0.4, -0.2) is 37.9 Å². The summed E-state index contributed by atoms with van der Waals surface area (Å²) in [6.07, 6.45) is -0.0526. The molecular formula is C10H10Br2N2O3. The number of hydrogen-bond acceptors (Lipinski definition) is 3. The van der Waals surface area contributed by atoms with Crippen molar-refractivity contribution in [3.63, 3.8) is 0 Å². The molecule has 1 aromatic rings. The summed E-state index contributed by atoms with van der Waals surface area (Å²) in [5.74, 6) is -0.248. The lowest BCUT2D eigenvalue weighted by Crippen LogP contribution is -2.57. The molecule has 1 aromatic heterocycles. The van der Waals surface area contributed by atoms with Crippen LogP contribution in [-0.2, 0) is 0 Å². The van der Waals surface area contributed by atoms with Crippen LogP contribution < -0.4 is 0 Å². The smallest absolute Gasteiger partial charge is 0.273 e. The quantitative estimate of drug-likeness (QED) is 0.731. The zero-order chi connectivity index (χ0) is 12.4. The third-order valence-electron chi connectivity index (χ3n) is 3.45. The molecule has 1 amide bonds. The predicted octanol–water partition coefficient (Wildman–Crippen LogP) is 1.44. The van der Waals surface area contributed by atoms with E-state index >= 15 is 0 Å². The first-order valence-corrected chi connectivity index (χ1v) is 6.84. The van der Waals surface area contributed by atoms with Gasteiger partial charge in [0.15, 0.2) is 12.0 Å². The van der Waals surface area contributed by atoms with E-state index in [4.69, 9.17) is 0 Å². The Balaban J connectivity index is 2.24. The summed E-state index contributed by atoms with van der Waals surface area (Å²) in [6.45, 7) is 0.479. The molecule has 0 aliphatic carbocycles. The van der Waals surface area contributed by atoms with Gasteiger partial charge < -0.3 is 15.1 Å². The fraction of sp³-hybridized carbons (Fsp3) is 0.500. The Bertz CT molecular complexity index is 516. The van der Waals surface area contributed by atoms with Gasteiger partial charge in [-0.1, -0.05) is 0 Å². The van der Waals surface area contributed by atoms with Crippen LogP contribution in [0.25, 0.3) is 0 Å². The summed E-state index contributed by atoms with van der Waals surface area (Å²) in [5, 5.41) is 20.7. The van der Waals surface area contributed by atoms with Crippen LogP contribution in [0.5, 0.6) is 0 Å². The van der Waals surface area contributed by atoms with Gasteiger partial charge in [0.05, 0.1) is 4.47 Å². The van der Waals surface area contributed by atoms with Crippen LogP contribution >= 0.6 is 31.9 Å². The Hall–Kier alpha value is -0.370. The molecule has 0 spiro atoms. The van der Waals surface area contributed by atoms with E-state index in [1.54, 1.807) is 6.07 Å². The van der Waals surface area contributed by atoms with Crippen LogP contribution in [0, 0.1) is 0 Å². The zero-order valence-corrected chi connectivity index (χ0v) is 11.9. The Kier molecular flexibility index (Phi) is 2.46. The van der Waals surface area contributed by atoms with Crippen molar-refractivity contribution in [2.45, 2.75) is 24.8 Å². The van der Waals surface area contributed by atoms with Crippen molar-refractivity contribution in [2.24, 2.45) is 0 Å². The normalized spacial score (nSPS) is 31.6. The predicted molar refractivity (Wildman–Crippen MR) is 66.3 cm³/mol. The highest BCUT2D eigenvalue weighted by molar-refractivity contribution is 9.13. The molecule has 2 aliphatic rings. The molecule has 0 radical (unpaired) electrons. The van der Waals surface area contributed by atoms with E-state index < -0.39 is 12.0 Å². The summed E-state index contributed by atoms with van der Waals surface area (Å²) >= 11 is 6.60. The highest BCUT2D eigenvalue weighted by Crippen LogP contribution is 2.44. The van der Waals surface area contributed by atoms with Crippen LogP contribution in [0.3, 0.4) is 0 Å². The highest BCUT2D eigenvalue weighted by Gasteiger charge is 2.53. The fourth-order valence-electron chi connectivity index (χ4n) is 2.59. The number of amides is 1. The number of hydrogen-bond donors (Lipinski definition) is 2. The van der Waals surface area contributed by atoms with Gasteiger partial charge in [0.2, 0.25) is 0 Å². The third-order valence-corrected chi connectivity index (χ3v) is 5.39. The molecule has 0 aromatic carbocycles. The molecule has 0 bridgehead atoms. The number of aliphatic hydroxyl groups excluding tert-OH is 1. The van der Waals surface area contributed by atoms with E-state index in [0.29, 0.717) is 34.2 Å². The van der Waals surface area contributed by atoms with Gasteiger partial charge in [-0.3, -0.25) is 9.36 Å². The van der Waals surface area contributed by atoms with Crippen molar-refractivity contribution in [3.05, 3.63) is 20.8 Å². The summed E-state index contributed by atoms with van der Waals surface area (Å²) < 4.78 is 2.67. The molecule has 3 heterocycles. The van der Waals surface area contributed by atoms with Gasteiger partial charge in [0.1, 0.15) is 10.3 Å². The van der Waals surface area contributed by atoms with Gasteiger partial charge in [0, 0.05) is 13.0 Å². The van der Waals surface area contributed by atoms with Crippen molar-refractivity contribution >= 4 is 37.8 Å². The Morgan fingerprint density at radius 3 is 2.88 bits per heavy atom. The van der Waals surface area contributed by atoms with Crippen LogP contribution in [0.15, 0.2) is 15.1 Å². The molecule has 3 rings (SSSR count). The second kappa shape index (κ2) is 3.57. The Labute approximate surface area is 114 Å². The van der Waals surface area contributed by atoms with E-state index in [1.807, 2.05) is 0 Å². The molecule has 1 saturated heterocycles. The molecule has 0 saturated carbocycles. The van der Waals surface area contributed by atoms with E-state index in [1.165, 1.54) is 9.47 Å². The van der Waals surface area contributed by atoms with Gasteiger partial charge in [-0.25, -0.2) is 0 Å². The molecule has 92 valence electrons.